The summed E-state index contributed by atoms with van der Waals surface area (Å²) in [5.41, 5.74) is 10.0. The summed E-state index contributed by atoms with van der Waals surface area (Å²) >= 11 is 0. The molecule has 4 rings (SSSR count). The molecule has 0 bridgehead atoms. The van der Waals surface area contributed by atoms with E-state index in [0.29, 0.717) is 6.04 Å². The first-order valence-electron chi connectivity index (χ1n) is 7.43. The topological polar surface area (TPSA) is 43.8 Å². The Morgan fingerprint density at radius 1 is 1.37 bits per heavy atom. The Bertz CT molecular complexity index is 627. The van der Waals surface area contributed by atoms with Gasteiger partial charge in [0.05, 0.1) is 11.0 Å². The highest BCUT2D eigenvalue weighted by atomic mass is 15.1. The van der Waals surface area contributed by atoms with Crippen molar-refractivity contribution in [2.24, 2.45) is 5.73 Å². The maximum absolute atomic E-state index is 6.09. The molecule has 0 atom stereocenters. The average molecular weight is 255 g/mol. The number of imidazole rings is 1. The molecule has 2 aliphatic carbocycles. The predicted molar refractivity (Wildman–Crippen MR) is 77.3 cm³/mol. The van der Waals surface area contributed by atoms with Crippen LogP contribution >= 0.6 is 0 Å². The van der Waals surface area contributed by atoms with Gasteiger partial charge in [-0.1, -0.05) is 12.5 Å². The molecule has 0 spiro atoms. The van der Waals surface area contributed by atoms with Gasteiger partial charge in [0, 0.05) is 18.0 Å². The molecule has 2 saturated carbocycles. The molecular weight excluding hydrogens is 234 g/mol. The van der Waals surface area contributed by atoms with E-state index in [1.165, 1.54) is 49.0 Å². The van der Waals surface area contributed by atoms with Crippen molar-refractivity contribution in [3.8, 4) is 0 Å². The molecule has 3 nitrogen and oxygen atoms in total. The van der Waals surface area contributed by atoms with E-state index in [1.54, 1.807) is 0 Å². The van der Waals surface area contributed by atoms with Crippen LogP contribution in [0, 0.1) is 6.92 Å². The SMILES string of the molecule is Cc1ccc2c(c1)nc(C1(CN)CCC1)n2C1CC1. The van der Waals surface area contributed by atoms with E-state index in [9.17, 15) is 0 Å². The second-order valence-electron chi connectivity index (χ2n) is 6.37. The van der Waals surface area contributed by atoms with Crippen LogP contribution in [-0.4, -0.2) is 16.1 Å². The van der Waals surface area contributed by atoms with Crippen LogP contribution in [0.25, 0.3) is 11.0 Å². The Morgan fingerprint density at radius 3 is 2.74 bits per heavy atom. The van der Waals surface area contributed by atoms with Crippen molar-refractivity contribution in [3.05, 3.63) is 29.6 Å². The zero-order valence-corrected chi connectivity index (χ0v) is 11.5. The number of hydrogen-bond donors (Lipinski definition) is 1. The van der Waals surface area contributed by atoms with E-state index >= 15 is 0 Å². The molecule has 1 aromatic carbocycles. The highest BCUT2D eigenvalue weighted by molar-refractivity contribution is 5.77. The van der Waals surface area contributed by atoms with Gasteiger partial charge in [0.2, 0.25) is 0 Å². The van der Waals surface area contributed by atoms with Gasteiger partial charge in [-0.05, 0) is 50.3 Å². The molecular formula is C16H21N3. The summed E-state index contributed by atoms with van der Waals surface area (Å²) in [6, 6.07) is 7.32. The average Bonchev–Trinajstić information content (AvgIpc) is 3.11. The van der Waals surface area contributed by atoms with Crippen LogP contribution in [0.1, 0.15) is 49.5 Å². The molecule has 19 heavy (non-hydrogen) atoms. The van der Waals surface area contributed by atoms with Crippen LogP contribution in [-0.2, 0) is 5.41 Å². The third-order valence-electron chi connectivity index (χ3n) is 4.93. The van der Waals surface area contributed by atoms with E-state index in [-0.39, 0.29) is 5.41 Å². The smallest absolute Gasteiger partial charge is 0.117 e. The molecule has 0 radical (unpaired) electrons. The van der Waals surface area contributed by atoms with E-state index < -0.39 is 0 Å². The lowest BCUT2D eigenvalue weighted by Gasteiger charge is -2.40. The Kier molecular flexibility index (Phi) is 2.31. The monoisotopic (exact) mass is 255 g/mol. The van der Waals surface area contributed by atoms with Crippen LogP contribution in [0.2, 0.25) is 0 Å². The lowest BCUT2D eigenvalue weighted by atomic mass is 9.68. The van der Waals surface area contributed by atoms with Crippen LogP contribution < -0.4 is 5.73 Å². The minimum atomic E-state index is 0.162. The van der Waals surface area contributed by atoms with Crippen molar-refractivity contribution in [1.29, 1.82) is 0 Å². The summed E-state index contributed by atoms with van der Waals surface area (Å²) in [6.45, 7) is 2.87. The zero-order chi connectivity index (χ0) is 13.0. The fraction of sp³-hybridized carbons (Fsp3) is 0.562. The highest BCUT2D eigenvalue weighted by Gasteiger charge is 2.43. The maximum Gasteiger partial charge on any atom is 0.117 e. The molecule has 1 heterocycles. The molecule has 2 aliphatic rings. The fourth-order valence-corrected chi connectivity index (χ4v) is 3.41. The Hall–Kier alpha value is -1.35. The van der Waals surface area contributed by atoms with Gasteiger partial charge in [-0.15, -0.1) is 0 Å². The van der Waals surface area contributed by atoms with Gasteiger partial charge < -0.3 is 10.3 Å². The first-order valence-corrected chi connectivity index (χ1v) is 7.43. The summed E-state index contributed by atoms with van der Waals surface area (Å²) in [6.07, 6.45) is 6.31. The molecule has 3 heteroatoms. The minimum absolute atomic E-state index is 0.162. The fourth-order valence-electron chi connectivity index (χ4n) is 3.41. The molecule has 0 aliphatic heterocycles. The normalized spacial score (nSPS) is 21.6. The second kappa shape index (κ2) is 3.83. The van der Waals surface area contributed by atoms with E-state index in [2.05, 4.69) is 29.7 Å². The quantitative estimate of drug-likeness (QED) is 0.916. The number of rotatable bonds is 3. The number of fused-ring (bicyclic) bond motifs is 1. The molecule has 1 aromatic heterocycles. The summed E-state index contributed by atoms with van der Waals surface area (Å²) in [4.78, 5) is 4.98. The molecule has 0 unspecified atom stereocenters. The molecule has 2 aromatic rings. The Balaban J connectivity index is 1.96. The van der Waals surface area contributed by atoms with Gasteiger partial charge >= 0.3 is 0 Å². The van der Waals surface area contributed by atoms with Crippen LogP contribution in [0.3, 0.4) is 0 Å². The predicted octanol–water partition coefficient (Wildman–Crippen LogP) is 3.06. The van der Waals surface area contributed by atoms with Crippen LogP contribution in [0.15, 0.2) is 18.2 Å². The van der Waals surface area contributed by atoms with E-state index in [0.717, 1.165) is 12.1 Å². The summed E-state index contributed by atoms with van der Waals surface area (Å²) in [7, 11) is 0. The van der Waals surface area contributed by atoms with Crippen molar-refractivity contribution >= 4 is 11.0 Å². The highest BCUT2D eigenvalue weighted by Crippen LogP contribution is 2.47. The van der Waals surface area contributed by atoms with Gasteiger partial charge in [-0.2, -0.15) is 0 Å². The number of hydrogen-bond acceptors (Lipinski definition) is 2. The first-order chi connectivity index (χ1) is 9.23. The number of aromatic nitrogens is 2. The summed E-state index contributed by atoms with van der Waals surface area (Å²) in [5, 5.41) is 0. The van der Waals surface area contributed by atoms with Crippen LogP contribution in [0.5, 0.6) is 0 Å². The Morgan fingerprint density at radius 2 is 2.16 bits per heavy atom. The zero-order valence-electron chi connectivity index (χ0n) is 11.5. The first kappa shape index (κ1) is 11.5. The number of aryl methyl sites for hydroxylation is 1. The number of benzene rings is 1. The van der Waals surface area contributed by atoms with Gasteiger partial charge in [-0.25, -0.2) is 4.98 Å². The van der Waals surface area contributed by atoms with E-state index in [4.69, 9.17) is 10.7 Å². The Labute approximate surface area is 113 Å². The van der Waals surface area contributed by atoms with Crippen LogP contribution in [0.4, 0.5) is 0 Å². The van der Waals surface area contributed by atoms with Crippen molar-refractivity contribution in [1.82, 2.24) is 9.55 Å². The number of nitrogens with two attached hydrogens (primary N) is 1. The standard InChI is InChI=1S/C16H21N3/c1-11-3-6-14-13(9-11)18-15(19(14)12-4-5-12)16(10-17)7-2-8-16/h3,6,9,12H,2,4-5,7-8,10,17H2,1H3. The molecule has 2 N–H and O–H groups in total. The van der Waals surface area contributed by atoms with Crippen molar-refractivity contribution in [2.75, 3.05) is 6.54 Å². The van der Waals surface area contributed by atoms with Gasteiger partial charge in [0.15, 0.2) is 0 Å². The maximum atomic E-state index is 6.09. The van der Waals surface area contributed by atoms with Gasteiger partial charge in [0.1, 0.15) is 5.82 Å². The number of nitrogens with zero attached hydrogens (tertiary/aromatic N) is 2. The largest absolute Gasteiger partial charge is 0.329 e. The van der Waals surface area contributed by atoms with Gasteiger partial charge in [0.25, 0.3) is 0 Å². The second-order valence-corrected chi connectivity index (χ2v) is 6.37. The molecule has 0 amide bonds. The third kappa shape index (κ3) is 1.57. The molecule has 100 valence electrons. The minimum Gasteiger partial charge on any atom is -0.329 e. The van der Waals surface area contributed by atoms with Crippen molar-refractivity contribution in [2.45, 2.75) is 50.5 Å². The van der Waals surface area contributed by atoms with E-state index in [1.807, 2.05) is 0 Å². The summed E-state index contributed by atoms with van der Waals surface area (Å²) < 4.78 is 2.50. The summed E-state index contributed by atoms with van der Waals surface area (Å²) in [5.74, 6) is 1.27. The lowest BCUT2D eigenvalue weighted by Crippen LogP contribution is -2.43. The van der Waals surface area contributed by atoms with Crippen molar-refractivity contribution < 1.29 is 0 Å². The molecule has 2 fully saturated rings. The third-order valence-corrected chi connectivity index (χ3v) is 4.93. The van der Waals surface area contributed by atoms with Gasteiger partial charge in [-0.3, -0.25) is 0 Å². The molecule has 0 saturated heterocycles. The van der Waals surface area contributed by atoms with Crippen molar-refractivity contribution in [3.63, 3.8) is 0 Å². The lowest BCUT2D eigenvalue weighted by molar-refractivity contribution is 0.231.